The van der Waals surface area contributed by atoms with E-state index in [1.165, 1.54) is 0 Å². The first-order valence-corrected chi connectivity index (χ1v) is 7.32. The number of hydrogen-bond acceptors (Lipinski definition) is 4. The van der Waals surface area contributed by atoms with Gasteiger partial charge in [-0.3, -0.25) is 14.6 Å². The van der Waals surface area contributed by atoms with E-state index in [1.54, 1.807) is 12.4 Å². The molecular weight excluding hydrogens is 250 g/mol. The Morgan fingerprint density at radius 2 is 1.95 bits per heavy atom. The summed E-state index contributed by atoms with van der Waals surface area (Å²) in [4.78, 5) is 9.17. The highest BCUT2D eigenvalue weighted by Gasteiger charge is 2.21. The van der Waals surface area contributed by atoms with E-state index in [9.17, 15) is 0 Å². The van der Waals surface area contributed by atoms with Crippen molar-refractivity contribution < 1.29 is 0 Å². The van der Waals surface area contributed by atoms with E-state index < -0.39 is 0 Å². The van der Waals surface area contributed by atoms with Crippen molar-refractivity contribution in [3.8, 4) is 11.3 Å². The summed E-state index contributed by atoms with van der Waals surface area (Å²) < 4.78 is 1.97. The average molecular weight is 271 g/mol. The largest absolute Gasteiger partial charge is 0.317 e. The Labute approximate surface area is 119 Å². The molecule has 0 aliphatic carbocycles. The molecule has 0 atom stereocenters. The zero-order valence-electron chi connectivity index (χ0n) is 12.1. The molecule has 0 unspecified atom stereocenters. The minimum Gasteiger partial charge on any atom is -0.317 e. The molecule has 5 heteroatoms. The standard InChI is InChI=1S/C15H21N5/c1-11(2)20-10-13(9-19-20)15-14(17-7-8-18-15)12-3-5-16-6-4-12/h7-12,16H,3-6H2,1-2H3. The van der Waals surface area contributed by atoms with Gasteiger partial charge in [-0.1, -0.05) is 0 Å². The molecule has 1 N–H and O–H groups in total. The van der Waals surface area contributed by atoms with Crippen molar-refractivity contribution in [3.63, 3.8) is 0 Å². The highest BCUT2D eigenvalue weighted by atomic mass is 15.3. The topological polar surface area (TPSA) is 55.6 Å². The van der Waals surface area contributed by atoms with Gasteiger partial charge in [0.15, 0.2) is 0 Å². The molecule has 0 bridgehead atoms. The third-order valence-corrected chi connectivity index (χ3v) is 3.86. The van der Waals surface area contributed by atoms with E-state index in [1.807, 2.05) is 10.9 Å². The molecular formula is C15H21N5. The lowest BCUT2D eigenvalue weighted by Crippen LogP contribution is -2.27. The summed E-state index contributed by atoms with van der Waals surface area (Å²) in [5.74, 6) is 0.502. The van der Waals surface area contributed by atoms with Gasteiger partial charge in [0.25, 0.3) is 0 Å². The summed E-state index contributed by atoms with van der Waals surface area (Å²) in [6.07, 6.45) is 9.79. The molecule has 106 valence electrons. The van der Waals surface area contributed by atoms with E-state index in [0.29, 0.717) is 12.0 Å². The Kier molecular flexibility index (Phi) is 3.78. The van der Waals surface area contributed by atoms with Crippen LogP contribution in [0.25, 0.3) is 11.3 Å². The third-order valence-electron chi connectivity index (χ3n) is 3.86. The third kappa shape index (κ3) is 2.58. The fraction of sp³-hybridized carbons (Fsp3) is 0.533. The van der Waals surface area contributed by atoms with Crippen LogP contribution >= 0.6 is 0 Å². The van der Waals surface area contributed by atoms with Crippen LogP contribution in [0, 0.1) is 0 Å². The van der Waals surface area contributed by atoms with Gasteiger partial charge in [-0.15, -0.1) is 0 Å². The minimum absolute atomic E-state index is 0.364. The summed E-state index contributed by atoms with van der Waals surface area (Å²) >= 11 is 0. The fourth-order valence-corrected chi connectivity index (χ4v) is 2.71. The molecule has 1 saturated heterocycles. The van der Waals surface area contributed by atoms with E-state index in [-0.39, 0.29) is 0 Å². The molecule has 0 saturated carbocycles. The van der Waals surface area contributed by atoms with Gasteiger partial charge in [-0.2, -0.15) is 5.10 Å². The van der Waals surface area contributed by atoms with Gasteiger partial charge >= 0.3 is 0 Å². The lowest BCUT2D eigenvalue weighted by molar-refractivity contribution is 0.453. The molecule has 0 amide bonds. The maximum atomic E-state index is 4.61. The summed E-state index contributed by atoms with van der Waals surface area (Å²) in [7, 11) is 0. The monoisotopic (exact) mass is 271 g/mol. The molecule has 1 aliphatic heterocycles. The van der Waals surface area contributed by atoms with Crippen LogP contribution in [0.15, 0.2) is 24.8 Å². The second-order valence-electron chi connectivity index (χ2n) is 5.62. The number of hydrogen-bond donors (Lipinski definition) is 1. The van der Waals surface area contributed by atoms with Gasteiger partial charge in [-0.05, 0) is 39.8 Å². The summed E-state index contributed by atoms with van der Waals surface area (Å²) in [6.45, 7) is 6.38. The van der Waals surface area contributed by atoms with Gasteiger partial charge in [-0.25, -0.2) is 0 Å². The summed E-state index contributed by atoms with van der Waals surface area (Å²) in [6, 6.07) is 0.364. The van der Waals surface area contributed by atoms with Crippen LogP contribution in [0.2, 0.25) is 0 Å². The van der Waals surface area contributed by atoms with Gasteiger partial charge in [0.2, 0.25) is 0 Å². The fourth-order valence-electron chi connectivity index (χ4n) is 2.71. The molecule has 3 heterocycles. The van der Waals surface area contributed by atoms with Gasteiger partial charge in [0.1, 0.15) is 0 Å². The molecule has 0 radical (unpaired) electrons. The van der Waals surface area contributed by atoms with Crippen molar-refractivity contribution in [2.45, 2.75) is 38.6 Å². The smallest absolute Gasteiger partial charge is 0.0951 e. The van der Waals surface area contributed by atoms with Crippen molar-refractivity contribution in [1.29, 1.82) is 0 Å². The Morgan fingerprint density at radius 3 is 2.65 bits per heavy atom. The first-order valence-electron chi connectivity index (χ1n) is 7.32. The van der Waals surface area contributed by atoms with Crippen LogP contribution < -0.4 is 5.32 Å². The Bertz CT molecular complexity index is 569. The van der Waals surface area contributed by atoms with Crippen molar-refractivity contribution >= 4 is 0 Å². The predicted octanol–water partition coefficient (Wildman–Crippen LogP) is 2.39. The normalized spacial score (nSPS) is 16.8. The van der Waals surface area contributed by atoms with Crippen molar-refractivity contribution in [1.82, 2.24) is 25.1 Å². The second-order valence-corrected chi connectivity index (χ2v) is 5.62. The van der Waals surface area contributed by atoms with Crippen molar-refractivity contribution in [2.75, 3.05) is 13.1 Å². The average Bonchev–Trinajstić information content (AvgIpc) is 2.98. The van der Waals surface area contributed by atoms with E-state index in [0.717, 1.165) is 42.9 Å². The molecule has 1 fully saturated rings. The van der Waals surface area contributed by atoms with Gasteiger partial charge < -0.3 is 5.32 Å². The molecule has 3 rings (SSSR count). The van der Waals surface area contributed by atoms with Crippen LogP contribution in [0.3, 0.4) is 0 Å². The van der Waals surface area contributed by atoms with Crippen LogP contribution in [0.4, 0.5) is 0 Å². The van der Waals surface area contributed by atoms with Crippen LogP contribution in [-0.2, 0) is 0 Å². The maximum absolute atomic E-state index is 4.61. The molecule has 5 nitrogen and oxygen atoms in total. The number of rotatable bonds is 3. The van der Waals surface area contributed by atoms with Crippen LogP contribution in [0.5, 0.6) is 0 Å². The van der Waals surface area contributed by atoms with Gasteiger partial charge in [0.05, 0.1) is 17.6 Å². The number of piperidine rings is 1. The van der Waals surface area contributed by atoms with Crippen LogP contribution in [-0.4, -0.2) is 32.8 Å². The zero-order valence-corrected chi connectivity index (χ0v) is 12.1. The molecule has 0 spiro atoms. The lowest BCUT2D eigenvalue weighted by Gasteiger charge is -2.23. The quantitative estimate of drug-likeness (QED) is 0.931. The minimum atomic E-state index is 0.364. The SMILES string of the molecule is CC(C)n1cc(-c2nccnc2C2CCNCC2)cn1. The Balaban J connectivity index is 1.95. The van der Waals surface area contributed by atoms with Crippen molar-refractivity contribution in [3.05, 3.63) is 30.5 Å². The summed E-state index contributed by atoms with van der Waals surface area (Å²) in [5, 5.41) is 7.81. The molecule has 2 aromatic heterocycles. The number of nitrogens with one attached hydrogen (secondary N) is 1. The molecule has 2 aromatic rings. The maximum Gasteiger partial charge on any atom is 0.0951 e. The predicted molar refractivity (Wildman–Crippen MR) is 78.5 cm³/mol. The Morgan fingerprint density at radius 1 is 1.20 bits per heavy atom. The number of aromatic nitrogens is 4. The Hall–Kier alpha value is -1.75. The summed E-state index contributed by atoms with van der Waals surface area (Å²) in [5.41, 5.74) is 3.18. The highest BCUT2D eigenvalue weighted by Crippen LogP contribution is 2.30. The lowest BCUT2D eigenvalue weighted by atomic mass is 9.92. The first kappa shape index (κ1) is 13.2. The second kappa shape index (κ2) is 5.71. The first-order chi connectivity index (χ1) is 9.75. The molecule has 1 aliphatic rings. The van der Waals surface area contributed by atoms with E-state index >= 15 is 0 Å². The number of nitrogens with zero attached hydrogens (tertiary/aromatic N) is 4. The zero-order chi connectivity index (χ0) is 13.9. The van der Waals surface area contributed by atoms with Gasteiger partial charge in [0, 0.05) is 36.1 Å². The highest BCUT2D eigenvalue weighted by molar-refractivity contribution is 5.60. The van der Waals surface area contributed by atoms with E-state index in [2.05, 4.69) is 40.4 Å². The van der Waals surface area contributed by atoms with Crippen molar-refractivity contribution in [2.24, 2.45) is 0 Å². The van der Waals surface area contributed by atoms with E-state index in [4.69, 9.17) is 0 Å². The molecule has 0 aromatic carbocycles. The molecule has 20 heavy (non-hydrogen) atoms. The van der Waals surface area contributed by atoms with Crippen LogP contribution in [0.1, 0.15) is 44.3 Å².